The summed E-state index contributed by atoms with van der Waals surface area (Å²) in [4.78, 5) is 13.9. The second-order valence-corrected chi connectivity index (χ2v) is 7.57. The van der Waals surface area contributed by atoms with Gasteiger partial charge in [-0.25, -0.2) is 9.18 Å². The summed E-state index contributed by atoms with van der Waals surface area (Å²) < 4.78 is 20.8. The van der Waals surface area contributed by atoms with Crippen LogP contribution in [-0.4, -0.2) is 44.6 Å². The average molecular weight is 361 g/mol. The van der Waals surface area contributed by atoms with Crippen molar-refractivity contribution in [1.82, 2.24) is 14.7 Å². The molecule has 26 heavy (non-hydrogen) atoms. The fraction of sp³-hybridized carbons (Fsp3) is 0.474. The highest BCUT2D eigenvalue weighted by Gasteiger charge is 2.27. The molecule has 0 spiro atoms. The van der Waals surface area contributed by atoms with E-state index in [0.29, 0.717) is 18.7 Å². The van der Waals surface area contributed by atoms with Crippen LogP contribution in [0.1, 0.15) is 39.7 Å². The van der Waals surface area contributed by atoms with Crippen molar-refractivity contribution < 1.29 is 19.0 Å². The van der Waals surface area contributed by atoms with Crippen molar-refractivity contribution in [2.75, 3.05) is 13.1 Å². The summed E-state index contributed by atoms with van der Waals surface area (Å²) in [6, 6.07) is 4.47. The van der Waals surface area contributed by atoms with E-state index in [9.17, 15) is 14.3 Å². The Morgan fingerprint density at radius 3 is 2.58 bits per heavy atom. The molecule has 2 aromatic rings. The molecule has 0 radical (unpaired) electrons. The lowest BCUT2D eigenvalue weighted by molar-refractivity contribution is 0.0185. The molecule has 1 aliphatic rings. The number of piperidine rings is 1. The number of nitrogens with zero attached hydrogens (tertiary/aromatic N) is 3. The lowest BCUT2D eigenvalue weighted by Gasteiger charge is -2.33. The van der Waals surface area contributed by atoms with Crippen molar-refractivity contribution in [3.05, 3.63) is 36.4 Å². The van der Waals surface area contributed by atoms with E-state index in [2.05, 4.69) is 5.10 Å². The molecule has 1 fully saturated rings. The van der Waals surface area contributed by atoms with Crippen LogP contribution in [-0.2, 0) is 4.74 Å². The van der Waals surface area contributed by atoms with Crippen molar-refractivity contribution in [2.24, 2.45) is 0 Å². The van der Waals surface area contributed by atoms with Crippen molar-refractivity contribution in [3.63, 3.8) is 0 Å². The summed E-state index contributed by atoms with van der Waals surface area (Å²) >= 11 is 0. The normalized spacial score (nSPS) is 15.9. The Morgan fingerprint density at radius 1 is 1.27 bits per heavy atom. The molecule has 7 heteroatoms. The van der Waals surface area contributed by atoms with Gasteiger partial charge in [0.2, 0.25) is 0 Å². The van der Waals surface area contributed by atoms with Gasteiger partial charge in [0, 0.05) is 24.8 Å². The maximum atomic E-state index is 13.5. The molecule has 2 heterocycles. The number of rotatable bonds is 2. The molecule has 1 aliphatic heterocycles. The van der Waals surface area contributed by atoms with Crippen molar-refractivity contribution in [1.29, 1.82) is 0 Å². The Labute approximate surface area is 152 Å². The highest BCUT2D eigenvalue weighted by Crippen LogP contribution is 2.28. The van der Waals surface area contributed by atoms with E-state index < -0.39 is 11.4 Å². The summed E-state index contributed by atoms with van der Waals surface area (Å²) in [7, 11) is 0. The van der Waals surface area contributed by atoms with Crippen LogP contribution in [0.4, 0.5) is 9.18 Å². The van der Waals surface area contributed by atoms with E-state index >= 15 is 0 Å². The minimum Gasteiger partial charge on any atom is -0.505 e. The predicted octanol–water partition coefficient (Wildman–Crippen LogP) is 3.97. The van der Waals surface area contributed by atoms with Crippen LogP contribution >= 0.6 is 0 Å². The number of phenolic OH excluding ortho intramolecular Hbond substituents is 1. The van der Waals surface area contributed by atoms with E-state index in [1.807, 2.05) is 31.6 Å². The first-order valence-corrected chi connectivity index (χ1v) is 8.74. The van der Waals surface area contributed by atoms with E-state index in [1.54, 1.807) is 17.2 Å². The molecule has 0 bridgehead atoms. The van der Waals surface area contributed by atoms with Crippen LogP contribution in [0.25, 0.3) is 11.1 Å². The molecular weight excluding hydrogens is 337 g/mol. The van der Waals surface area contributed by atoms with Gasteiger partial charge in [-0.3, -0.25) is 4.68 Å². The molecule has 140 valence electrons. The number of halogens is 1. The summed E-state index contributed by atoms with van der Waals surface area (Å²) in [5, 5.41) is 13.7. The number of hydrogen-bond donors (Lipinski definition) is 1. The summed E-state index contributed by atoms with van der Waals surface area (Å²) in [6.07, 6.45) is 4.84. The topological polar surface area (TPSA) is 67.6 Å². The number of benzene rings is 1. The number of phenols is 1. The number of ether oxygens (including phenoxy) is 1. The van der Waals surface area contributed by atoms with Gasteiger partial charge in [0.05, 0.1) is 12.2 Å². The molecule has 3 rings (SSSR count). The number of carbonyl (C=O) groups is 1. The maximum Gasteiger partial charge on any atom is 0.410 e. The van der Waals surface area contributed by atoms with Gasteiger partial charge in [-0.2, -0.15) is 5.10 Å². The third-order valence-corrected chi connectivity index (χ3v) is 4.37. The van der Waals surface area contributed by atoms with Crippen LogP contribution < -0.4 is 0 Å². The average Bonchev–Trinajstić information content (AvgIpc) is 3.06. The Balaban J connectivity index is 1.63. The molecule has 1 saturated heterocycles. The first-order chi connectivity index (χ1) is 12.2. The second kappa shape index (κ2) is 6.97. The zero-order valence-electron chi connectivity index (χ0n) is 15.3. The molecule has 0 atom stereocenters. The lowest BCUT2D eigenvalue weighted by atomic mass is 10.1. The SMILES string of the molecule is CC(C)(C)OC(=O)N1CCC(n2cc(-c3ccc(O)c(F)c3)cn2)CC1. The predicted molar refractivity (Wildman–Crippen MR) is 95.4 cm³/mol. The third kappa shape index (κ3) is 4.15. The Bertz CT molecular complexity index is 790. The van der Waals surface area contributed by atoms with E-state index in [0.717, 1.165) is 18.4 Å². The van der Waals surface area contributed by atoms with Gasteiger partial charge in [0.1, 0.15) is 5.60 Å². The highest BCUT2D eigenvalue weighted by molar-refractivity contribution is 5.68. The summed E-state index contributed by atoms with van der Waals surface area (Å²) in [5.74, 6) is -1.02. The first-order valence-electron chi connectivity index (χ1n) is 8.74. The fourth-order valence-corrected chi connectivity index (χ4v) is 3.01. The van der Waals surface area contributed by atoms with Gasteiger partial charge < -0.3 is 14.7 Å². The monoisotopic (exact) mass is 361 g/mol. The zero-order valence-corrected chi connectivity index (χ0v) is 15.3. The molecule has 0 saturated carbocycles. The fourth-order valence-electron chi connectivity index (χ4n) is 3.01. The van der Waals surface area contributed by atoms with Crippen LogP contribution in [0, 0.1) is 5.82 Å². The number of carbonyl (C=O) groups excluding carboxylic acids is 1. The van der Waals surface area contributed by atoms with E-state index in [1.165, 1.54) is 12.1 Å². The summed E-state index contributed by atoms with van der Waals surface area (Å²) in [6.45, 7) is 6.80. The van der Waals surface area contributed by atoms with E-state index in [4.69, 9.17) is 4.74 Å². The Morgan fingerprint density at radius 2 is 1.96 bits per heavy atom. The van der Waals surface area contributed by atoms with Crippen LogP contribution in [0.15, 0.2) is 30.6 Å². The number of hydrogen-bond acceptors (Lipinski definition) is 4. The number of aromatic hydroxyl groups is 1. The molecule has 1 aromatic heterocycles. The third-order valence-electron chi connectivity index (χ3n) is 4.37. The van der Waals surface area contributed by atoms with Gasteiger partial charge in [0.25, 0.3) is 0 Å². The van der Waals surface area contributed by atoms with Gasteiger partial charge in [-0.15, -0.1) is 0 Å². The maximum absolute atomic E-state index is 13.5. The van der Waals surface area contributed by atoms with Crippen LogP contribution in [0.5, 0.6) is 5.75 Å². The Hall–Kier alpha value is -2.57. The van der Waals surface area contributed by atoms with Gasteiger partial charge in [-0.05, 0) is 51.3 Å². The minimum atomic E-state index is -0.652. The van der Waals surface area contributed by atoms with Crippen molar-refractivity contribution in [3.8, 4) is 16.9 Å². The van der Waals surface area contributed by atoms with Gasteiger partial charge in [-0.1, -0.05) is 6.07 Å². The summed E-state index contributed by atoms with van der Waals surface area (Å²) in [5.41, 5.74) is 0.959. The van der Waals surface area contributed by atoms with Gasteiger partial charge in [0.15, 0.2) is 11.6 Å². The Kier molecular flexibility index (Phi) is 4.89. The van der Waals surface area contributed by atoms with Crippen LogP contribution in [0.2, 0.25) is 0 Å². The molecule has 6 nitrogen and oxygen atoms in total. The molecule has 1 N–H and O–H groups in total. The largest absolute Gasteiger partial charge is 0.505 e. The quantitative estimate of drug-likeness (QED) is 0.879. The number of aromatic nitrogens is 2. The zero-order chi connectivity index (χ0) is 18.9. The molecule has 1 aromatic carbocycles. The molecule has 1 amide bonds. The van der Waals surface area contributed by atoms with E-state index in [-0.39, 0.29) is 17.9 Å². The number of likely N-dealkylation sites (tertiary alicyclic amines) is 1. The minimum absolute atomic E-state index is 0.185. The first kappa shape index (κ1) is 18.2. The van der Waals surface area contributed by atoms with Crippen LogP contribution in [0.3, 0.4) is 0 Å². The second-order valence-electron chi connectivity index (χ2n) is 7.57. The molecular formula is C19H24FN3O3. The van der Waals surface area contributed by atoms with Crippen molar-refractivity contribution >= 4 is 6.09 Å². The lowest BCUT2D eigenvalue weighted by Crippen LogP contribution is -2.42. The highest BCUT2D eigenvalue weighted by atomic mass is 19.1. The van der Waals surface area contributed by atoms with Crippen molar-refractivity contribution in [2.45, 2.75) is 45.3 Å². The number of amides is 1. The molecule has 0 unspecified atom stereocenters. The smallest absolute Gasteiger partial charge is 0.410 e. The van der Waals surface area contributed by atoms with Gasteiger partial charge >= 0.3 is 6.09 Å². The molecule has 0 aliphatic carbocycles. The standard InChI is InChI=1S/C19H24FN3O3/c1-19(2,3)26-18(25)22-8-6-15(7-9-22)23-12-14(11-21-23)13-4-5-17(24)16(20)10-13/h4-5,10-12,15,24H,6-9H2,1-3H3.